The minimum atomic E-state index is -0.171. The topological polar surface area (TPSA) is 51.2 Å². The van der Waals surface area contributed by atoms with E-state index in [9.17, 15) is 4.79 Å². The van der Waals surface area contributed by atoms with E-state index >= 15 is 0 Å². The Hall–Kier alpha value is -2.66. The Morgan fingerprint density at radius 2 is 1.88 bits per heavy atom. The minimum absolute atomic E-state index is 0.171. The number of nitrogens with zero attached hydrogens (tertiary/aromatic N) is 1. The van der Waals surface area contributed by atoms with Crippen LogP contribution in [0.25, 0.3) is 10.6 Å². The lowest BCUT2D eigenvalue weighted by atomic mass is 10.1. The van der Waals surface area contributed by atoms with Crippen LogP contribution >= 0.6 is 11.3 Å². The highest BCUT2D eigenvalue weighted by Gasteiger charge is 2.18. The summed E-state index contributed by atoms with van der Waals surface area (Å²) >= 11 is 1.41. The molecule has 0 fully saturated rings. The number of para-hydroxylation sites is 2. The van der Waals surface area contributed by atoms with Gasteiger partial charge in [0.15, 0.2) is 0 Å². The summed E-state index contributed by atoms with van der Waals surface area (Å²) in [7, 11) is 1.58. The zero-order valence-corrected chi connectivity index (χ0v) is 15.5. The number of hydrogen-bond acceptors (Lipinski definition) is 4. The molecule has 0 atom stereocenters. The first-order chi connectivity index (χ1) is 12.0. The third-order valence-corrected chi connectivity index (χ3v) is 5.16. The second kappa shape index (κ2) is 7.07. The van der Waals surface area contributed by atoms with E-state index in [4.69, 9.17) is 4.74 Å². The van der Waals surface area contributed by atoms with Gasteiger partial charge in [0, 0.05) is 5.56 Å². The highest BCUT2D eigenvalue weighted by atomic mass is 32.1. The molecule has 4 nitrogen and oxygen atoms in total. The summed E-state index contributed by atoms with van der Waals surface area (Å²) in [5.74, 6) is 0.461. The number of rotatable bonds is 4. The molecule has 0 unspecified atom stereocenters. The Labute approximate surface area is 151 Å². The van der Waals surface area contributed by atoms with Crippen LogP contribution in [0.4, 0.5) is 5.69 Å². The number of amides is 1. The lowest BCUT2D eigenvalue weighted by molar-refractivity contribution is 0.102. The number of benzene rings is 2. The van der Waals surface area contributed by atoms with Crippen LogP contribution in [0.15, 0.2) is 42.5 Å². The number of ether oxygens (including phenoxy) is 1. The van der Waals surface area contributed by atoms with E-state index in [1.165, 1.54) is 16.9 Å². The SMILES string of the molecule is COc1ccccc1NC(=O)c1sc(-c2ccc(C)cc2C)nc1C. The van der Waals surface area contributed by atoms with Crippen LogP contribution in [0.2, 0.25) is 0 Å². The first-order valence-electron chi connectivity index (χ1n) is 7.99. The molecule has 3 rings (SSSR count). The number of aryl methyl sites for hydroxylation is 3. The van der Waals surface area contributed by atoms with Crippen molar-refractivity contribution in [3.8, 4) is 16.3 Å². The van der Waals surface area contributed by atoms with Crippen LogP contribution in [0.1, 0.15) is 26.5 Å². The molecule has 1 N–H and O–H groups in total. The summed E-state index contributed by atoms with van der Waals surface area (Å²) in [6.07, 6.45) is 0. The van der Waals surface area contributed by atoms with Crippen molar-refractivity contribution in [3.63, 3.8) is 0 Å². The maximum Gasteiger partial charge on any atom is 0.267 e. The predicted molar refractivity (Wildman–Crippen MR) is 103 cm³/mol. The Morgan fingerprint density at radius 3 is 2.60 bits per heavy atom. The van der Waals surface area contributed by atoms with E-state index in [2.05, 4.69) is 42.3 Å². The van der Waals surface area contributed by atoms with Crippen LogP contribution in [-0.2, 0) is 0 Å². The van der Waals surface area contributed by atoms with Gasteiger partial charge in [-0.25, -0.2) is 4.98 Å². The van der Waals surface area contributed by atoms with Crippen molar-refractivity contribution in [2.24, 2.45) is 0 Å². The lowest BCUT2D eigenvalue weighted by Gasteiger charge is -2.09. The van der Waals surface area contributed by atoms with E-state index in [-0.39, 0.29) is 5.91 Å². The molecule has 5 heteroatoms. The number of thiazole rings is 1. The molecule has 0 radical (unpaired) electrons. The molecule has 1 heterocycles. The maximum absolute atomic E-state index is 12.7. The van der Waals surface area contributed by atoms with Crippen LogP contribution in [0.5, 0.6) is 5.75 Å². The molecule has 0 bridgehead atoms. The van der Waals surface area contributed by atoms with E-state index in [0.717, 1.165) is 21.8 Å². The highest BCUT2D eigenvalue weighted by Crippen LogP contribution is 2.32. The van der Waals surface area contributed by atoms with Gasteiger partial charge in [-0.05, 0) is 38.5 Å². The minimum Gasteiger partial charge on any atom is -0.495 e. The standard InChI is InChI=1S/C20H20N2O2S/c1-12-9-10-15(13(2)11-12)20-21-14(3)18(25-20)19(23)22-16-7-5-6-8-17(16)24-4/h5-11H,1-4H3,(H,22,23). The number of carbonyl (C=O) groups excluding carboxylic acids is 1. The van der Waals surface area contributed by atoms with Crippen LogP contribution in [0, 0.1) is 20.8 Å². The second-order valence-electron chi connectivity index (χ2n) is 5.91. The van der Waals surface area contributed by atoms with Crippen LogP contribution < -0.4 is 10.1 Å². The first-order valence-corrected chi connectivity index (χ1v) is 8.80. The van der Waals surface area contributed by atoms with Crippen molar-refractivity contribution in [1.82, 2.24) is 4.98 Å². The zero-order chi connectivity index (χ0) is 18.0. The Morgan fingerprint density at radius 1 is 1.12 bits per heavy atom. The highest BCUT2D eigenvalue weighted by molar-refractivity contribution is 7.17. The van der Waals surface area contributed by atoms with Gasteiger partial charge in [-0.2, -0.15) is 0 Å². The van der Waals surface area contributed by atoms with E-state index in [0.29, 0.717) is 16.3 Å². The zero-order valence-electron chi connectivity index (χ0n) is 14.7. The third kappa shape index (κ3) is 3.56. The van der Waals surface area contributed by atoms with E-state index < -0.39 is 0 Å². The number of carbonyl (C=O) groups is 1. The fraction of sp³-hybridized carbons (Fsp3) is 0.200. The van der Waals surface area contributed by atoms with E-state index in [1.807, 2.05) is 31.2 Å². The Balaban J connectivity index is 1.91. The molecule has 128 valence electrons. The Bertz CT molecular complexity index is 931. The summed E-state index contributed by atoms with van der Waals surface area (Å²) in [6.45, 7) is 5.99. The third-order valence-electron chi connectivity index (χ3n) is 3.97. The molecular weight excluding hydrogens is 332 g/mol. The van der Waals surface area contributed by atoms with Gasteiger partial charge in [0.2, 0.25) is 0 Å². The van der Waals surface area contributed by atoms with E-state index in [1.54, 1.807) is 7.11 Å². The summed E-state index contributed by atoms with van der Waals surface area (Å²) in [4.78, 5) is 17.9. The molecular formula is C20H20N2O2S. The molecule has 3 aromatic rings. The average molecular weight is 352 g/mol. The number of nitrogens with one attached hydrogen (secondary N) is 1. The van der Waals surface area contributed by atoms with Gasteiger partial charge >= 0.3 is 0 Å². The molecule has 2 aromatic carbocycles. The Kier molecular flexibility index (Phi) is 4.86. The van der Waals surface area contributed by atoms with Crippen molar-refractivity contribution in [1.29, 1.82) is 0 Å². The maximum atomic E-state index is 12.7. The summed E-state index contributed by atoms with van der Waals surface area (Å²) in [5.41, 5.74) is 4.81. The fourth-order valence-electron chi connectivity index (χ4n) is 2.70. The summed E-state index contributed by atoms with van der Waals surface area (Å²) in [5, 5.41) is 3.77. The van der Waals surface area contributed by atoms with Crippen molar-refractivity contribution >= 4 is 22.9 Å². The molecule has 1 amide bonds. The molecule has 0 aliphatic rings. The predicted octanol–water partition coefficient (Wildman–Crippen LogP) is 5.00. The molecule has 1 aromatic heterocycles. The first kappa shape index (κ1) is 17.2. The van der Waals surface area contributed by atoms with Crippen molar-refractivity contribution in [2.45, 2.75) is 20.8 Å². The number of methoxy groups -OCH3 is 1. The van der Waals surface area contributed by atoms with Gasteiger partial charge in [0.1, 0.15) is 15.6 Å². The van der Waals surface area contributed by atoms with Crippen molar-refractivity contribution in [2.75, 3.05) is 12.4 Å². The van der Waals surface area contributed by atoms with Gasteiger partial charge in [-0.3, -0.25) is 4.79 Å². The van der Waals surface area contributed by atoms with Gasteiger partial charge in [-0.1, -0.05) is 35.9 Å². The monoisotopic (exact) mass is 352 g/mol. The van der Waals surface area contributed by atoms with Crippen molar-refractivity contribution < 1.29 is 9.53 Å². The normalized spacial score (nSPS) is 10.6. The number of hydrogen-bond donors (Lipinski definition) is 1. The smallest absolute Gasteiger partial charge is 0.267 e. The molecule has 25 heavy (non-hydrogen) atoms. The quantitative estimate of drug-likeness (QED) is 0.719. The average Bonchev–Trinajstić information content (AvgIpc) is 2.97. The van der Waals surface area contributed by atoms with Crippen LogP contribution in [0.3, 0.4) is 0 Å². The summed E-state index contributed by atoms with van der Waals surface area (Å²) in [6, 6.07) is 13.6. The van der Waals surface area contributed by atoms with Crippen molar-refractivity contribution in [3.05, 3.63) is 64.2 Å². The summed E-state index contributed by atoms with van der Waals surface area (Å²) < 4.78 is 5.29. The molecule has 0 spiro atoms. The second-order valence-corrected chi connectivity index (χ2v) is 6.91. The van der Waals surface area contributed by atoms with Gasteiger partial charge in [-0.15, -0.1) is 11.3 Å². The molecule has 0 aliphatic carbocycles. The number of anilines is 1. The van der Waals surface area contributed by atoms with Crippen LogP contribution in [-0.4, -0.2) is 18.0 Å². The number of aromatic nitrogens is 1. The molecule has 0 saturated heterocycles. The van der Waals surface area contributed by atoms with Gasteiger partial charge < -0.3 is 10.1 Å². The van der Waals surface area contributed by atoms with Gasteiger partial charge in [0.05, 0.1) is 18.5 Å². The largest absolute Gasteiger partial charge is 0.495 e. The lowest BCUT2D eigenvalue weighted by Crippen LogP contribution is -2.12. The molecule has 0 saturated carbocycles. The molecule has 0 aliphatic heterocycles. The van der Waals surface area contributed by atoms with Gasteiger partial charge in [0.25, 0.3) is 5.91 Å². The fourth-order valence-corrected chi connectivity index (χ4v) is 3.75.